The van der Waals surface area contributed by atoms with Crippen molar-refractivity contribution < 1.29 is 14.6 Å². The van der Waals surface area contributed by atoms with Gasteiger partial charge in [0, 0.05) is 43.1 Å². The first-order chi connectivity index (χ1) is 21.8. The molecule has 0 fully saturated rings. The number of aliphatic hydroxyl groups excluding tert-OH is 1. The molecule has 45 heavy (non-hydrogen) atoms. The first-order valence-electron chi connectivity index (χ1n) is 15.8. The number of fused-ring (bicyclic) bond motifs is 1. The van der Waals surface area contributed by atoms with Crippen LogP contribution in [0.25, 0.3) is 10.8 Å². The fourth-order valence-corrected chi connectivity index (χ4v) is 5.25. The maximum atomic E-state index is 9.41. The van der Waals surface area contributed by atoms with Gasteiger partial charge in [0.2, 0.25) is 0 Å². The molecule has 4 aromatic rings. The van der Waals surface area contributed by atoms with E-state index in [4.69, 9.17) is 15.2 Å². The molecule has 7 nitrogen and oxygen atoms in total. The maximum Gasteiger partial charge on any atom is 0.116 e. The number of benzene rings is 4. The third-order valence-corrected chi connectivity index (χ3v) is 7.70. The normalized spacial score (nSPS) is 11.6. The summed E-state index contributed by atoms with van der Waals surface area (Å²) in [4.78, 5) is 0. The van der Waals surface area contributed by atoms with Gasteiger partial charge in [-0.3, -0.25) is 5.32 Å². The Morgan fingerprint density at radius 3 is 2.22 bits per heavy atom. The van der Waals surface area contributed by atoms with Crippen molar-refractivity contribution in [1.82, 2.24) is 10.6 Å². The second kappa shape index (κ2) is 19.5. The lowest BCUT2D eigenvalue weighted by Crippen LogP contribution is -2.33. The minimum absolute atomic E-state index is 0.256. The summed E-state index contributed by atoms with van der Waals surface area (Å²) in [6.45, 7) is 12.9. The average Bonchev–Trinajstić information content (AvgIpc) is 3.03. The van der Waals surface area contributed by atoms with Gasteiger partial charge in [-0.1, -0.05) is 78.9 Å². The molecule has 7 heteroatoms. The number of allylic oxidation sites excluding steroid dienone is 1. The van der Waals surface area contributed by atoms with Gasteiger partial charge in [0.25, 0.3) is 0 Å². The highest BCUT2D eigenvalue weighted by molar-refractivity contribution is 5.87. The highest BCUT2D eigenvalue weighted by Crippen LogP contribution is 2.25. The largest absolute Gasteiger partial charge is 0.513 e. The molecule has 0 heterocycles. The van der Waals surface area contributed by atoms with Crippen molar-refractivity contribution in [2.75, 3.05) is 38.2 Å². The Balaban J connectivity index is 0.000000468. The number of anilines is 2. The van der Waals surface area contributed by atoms with Gasteiger partial charge in [-0.15, -0.1) is 0 Å². The zero-order chi connectivity index (χ0) is 32.4. The van der Waals surface area contributed by atoms with Gasteiger partial charge in [-0.05, 0) is 86.2 Å². The number of ether oxygens (including phenoxy) is 2. The van der Waals surface area contributed by atoms with Crippen LogP contribution in [0.4, 0.5) is 11.4 Å². The van der Waals surface area contributed by atoms with E-state index in [2.05, 4.69) is 96.2 Å². The molecule has 0 saturated carbocycles. The Hall–Kier alpha value is -3.88. The van der Waals surface area contributed by atoms with Crippen molar-refractivity contribution in [3.05, 3.63) is 119 Å². The van der Waals surface area contributed by atoms with E-state index in [9.17, 15) is 5.11 Å². The zero-order valence-corrected chi connectivity index (χ0v) is 27.5. The highest BCUT2D eigenvalue weighted by atomic mass is 16.5. The van der Waals surface area contributed by atoms with Crippen LogP contribution in [-0.2, 0) is 22.6 Å². The van der Waals surface area contributed by atoms with E-state index in [-0.39, 0.29) is 5.76 Å². The summed E-state index contributed by atoms with van der Waals surface area (Å²) in [5.74, 6) is 0.256. The SMILES string of the molecule is C=C(O)CCCC(CCNCOCc1cc2ccccc2cc1NCOC)NCc1ccccc1.Cc1cc(C)c(N)c(C)c1. The van der Waals surface area contributed by atoms with Crippen LogP contribution in [-0.4, -0.2) is 38.3 Å². The number of rotatable bonds is 17. The summed E-state index contributed by atoms with van der Waals surface area (Å²) in [5, 5.41) is 22.2. The molecule has 0 saturated heterocycles. The summed E-state index contributed by atoms with van der Waals surface area (Å²) in [5.41, 5.74) is 13.7. The van der Waals surface area contributed by atoms with E-state index < -0.39 is 0 Å². The number of methoxy groups -OCH3 is 1. The Kier molecular flexibility index (Phi) is 15.4. The Labute approximate surface area is 269 Å². The monoisotopic (exact) mass is 612 g/mol. The molecule has 0 aliphatic heterocycles. The van der Waals surface area contributed by atoms with Crippen molar-refractivity contribution in [1.29, 1.82) is 0 Å². The van der Waals surface area contributed by atoms with Crippen molar-refractivity contribution in [3.63, 3.8) is 0 Å². The van der Waals surface area contributed by atoms with Crippen molar-refractivity contribution in [2.45, 2.75) is 65.6 Å². The second-order valence-electron chi connectivity index (χ2n) is 11.6. The fraction of sp³-hybridized carbons (Fsp3) is 0.368. The maximum absolute atomic E-state index is 9.41. The van der Waals surface area contributed by atoms with E-state index in [0.717, 1.165) is 49.3 Å². The quantitative estimate of drug-likeness (QED) is 0.0358. The molecule has 4 aromatic carbocycles. The summed E-state index contributed by atoms with van der Waals surface area (Å²) < 4.78 is 11.1. The van der Waals surface area contributed by atoms with Crippen molar-refractivity contribution >= 4 is 22.1 Å². The van der Waals surface area contributed by atoms with Crippen molar-refractivity contribution in [3.8, 4) is 0 Å². The molecule has 0 radical (unpaired) electrons. The van der Waals surface area contributed by atoms with Gasteiger partial charge in [-0.25, -0.2) is 0 Å². The van der Waals surface area contributed by atoms with Gasteiger partial charge in [0.15, 0.2) is 0 Å². The van der Waals surface area contributed by atoms with E-state index >= 15 is 0 Å². The van der Waals surface area contributed by atoms with Crippen LogP contribution in [0, 0.1) is 20.8 Å². The van der Waals surface area contributed by atoms with Crippen LogP contribution < -0.4 is 21.7 Å². The van der Waals surface area contributed by atoms with E-state index in [0.29, 0.717) is 32.5 Å². The predicted molar refractivity (Wildman–Crippen MR) is 189 cm³/mol. The molecule has 0 aliphatic carbocycles. The molecular formula is C38H52N4O3. The van der Waals surface area contributed by atoms with Crippen molar-refractivity contribution in [2.24, 2.45) is 0 Å². The van der Waals surface area contributed by atoms with Gasteiger partial charge in [0.05, 0.1) is 19.1 Å². The number of hydrogen-bond donors (Lipinski definition) is 5. The fourth-order valence-electron chi connectivity index (χ4n) is 5.25. The molecule has 0 aromatic heterocycles. The smallest absolute Gasteiger partial charge is 0.116 e. The number of aliphatic hydroxyl groups is 1. The standard InChI is InChI=1S/C29H39N3O3.C9H13N/c1-23(33)9-8-14-28(31-19-24-10-4-3-5-11-24)15-16-30-21-35-20-27-17-25-12-6-7-13-26(25)18-29(27)32-22-34-2;1-6-4-7(2)9(10)8(3)5-6/h3-7,10-13,17-18,28,30-33H,1,8-9,14-16,19-22H2,2H3;4-5H,10H2,1-3H3. The van der Waals surface area contributed by atoms with Crippen LogP contribution in [0.15, 0.2) is 91.2 Å². The molecule has 0 aliphatic rings. The molecule has 0 amide bonds. The topological polar surface area (TPSA) is 101 Å². The Morgan fingerprint density at radius 2 is 1.56 bits per heavy atom. The first-order valence-corrected chi connectivity index (χ1v) is 15.8. The summed E-state index contributed by atoms with van der Waals surface area (Å²) in [6, 6.07) is 27.6. The van der Waals surface area contributed by atoms with E-state index in [1.165, 1.54) is 33.0 Å². The first kappa shape index (κ1) is 35.6. The third kappa shape index (κ3) is 12.9. The predicted octanol–water partition coefficient (Wildman–Crippen LogP) is 7.90. The minimum atomic E-state index is 0.256. The van der Waals surface area contributed by atoms with E-state index in [1.54, 1.807) is 7.11 Å². The lowest BCUT2D eigenvalue weighted by atomic mass is 10.1. The van der Waals surface area contributed by atoms with Crippen LogP contribution in [0.1, 0.15) is 53.5 Å². The molecular weight excluding hydrogens is 560 g/mol. The summed E-state index contributed by atoms with van der Waals surface area (Å²) in [6.07, 6.45) is 3.52. The van der Waals surface area contributed by atoms with Gasteiger partial charge in [-0.2, -0.15) is 0 Å². The molecule has 242 valence electrons. The highest BCUT2D eigenvalue weighted by Gasteiger charge is 2.09. The van der Waals surface area contributed by atoms with Gasteiger partial charge >= 0.3 is 0 Å². The number of nitrogens with two attached hydrogens (primary N) is 1. The summed E-state index contributed by atoms with van der Waals surface area (Å²) in [7, 11) is 1.68. The molecule has 4 rings (SSSR count). The van der Waals surface area contributed by atoms with Crippen LogP contribution >= 0.6 is 0 Å². The van der Waals surface area contributed by atoms with E-state index in [1.807, 2.05) is 26.0 Å². The summed E-state index contributed by atoms with van der Waals surface area (Å²) >= 11 is 0. The molecule has 0 bridgehead atoms. The number of nitrogens with one attached hydrogen (secondary N) is 3. The molecule has 1 unspecified atom stereocenters. The number of nitrogen functional groups attached to an aromatic ring is 1. The van der Waals surface area contributed by atoms with Crippen LogP contribution in [0.5, 0.6) is 0 Å². The Morgan fingerprint density at radius 1 is 0.889 bits per heavy atom. The molecule has 0 spiro atoms. The number of hydrogen-bond acceptors (Lipinski definition) is 7. The third-order valence-electron chi connectivity index (χ3n) is 7.70. The van der Waals surface area contributed by atoms with Crippen LogP contribution in [0.3, 0.4) is 0 Å². The zero-order valence-electron chi connectivity index (χ0n) is 27.5. The van der Waals surface area contributed by atoms with Gasteiger partial charge < -0.3 is 30.9 Å². The molecule has 1 atom stereocenters. The van der Waals surface area contributed by atoms with Crippen LogP contribution in [0.2, 0.25) is 0 Å². The molecule has 6 N–H and O–H groups in total. The second-order valence-corrected chi connectivity index (χ2v) is 11.6. The van der Waals surface area contributed by atoms with Gasteiger partial charge in [0.1, 0.15) is 6.73 Å². The average molecular weight is 613 g/mol. The Bertz CT molecular complexity index is 1440. The lowest BCUT2D eigenvalue weighted by molar-refractivity contribution is 0.103. The minimum Gasteiger partial charge on any atom is -0.513 e. The lowest BCUT2D eigenvalue weighted by Gasteiger charge is -2.19. The number of aryl methyl sites for hydroxylation is 3.